The lowest BCUT2D eigenvalue weighted by atomic mass is 10.2. The molecule has 2 rings (SSSR count). The van der Waals surface area contributed by atoms with E-state index in [9.17, 15) is 19.7 Å². The zero-order valence-electron chi connectivity index (χ0n) is 13.2. The van der Waals surface area contributed by atoms with E-state index in [0.717, 1.165) is 11.8 Å². The van der Waals surface area contributed by atoms with Crippen molar-refractivity contribution in [2.75, 3.05) is 0 Å². The van der Waals surface area contributed by atoms with Crippen LogP contribution in [0.2, 0.25) is 0 Å². The monoisotopic (exact) mass is 344 g/mol. The SMILES string of the molecule is O=C(CCC(=O)N/N=C\c1ccc([N+](=O)[O-])o1)NCc1ccccc1. The fraction of sp³-hybridized carbons (Fsp3) is 0.188. The molecule has 0 bridgehead atoms. The zero-order valence-corrected chi connectivity index (χ0v) is 13.2. The highest BCUT2D eigenvalue weighted by atomic mass is 16.6. The molecule has 0 unspecified atom stereocenters. The standard InChI is InChI=1S/C16H16N4O5/c21-14(17-10-12-4-2-1-3-5-12)7-8-15(22)19-18-11-13-6-9-16(25-13)20(23)24/h1-6,9,11H,7-8,10H2,(H,17,21)(H,19,22)/b18-11-. The van der Waals surface area contributed by atoms with Crippen LogP contribution in [0.15, 0.2) is 52.0 Å². The fourth-order valence-corrected chi connectivity index (χ4v) is 1.85. The molecule has 0 aliphatic carbocycles. The summed E-state index contributed by atoms with van der Waals surface area (Å²) in [5, 5.41) is 16.8. The first-order valence-corrected chi connectivity index (χ1v) is 7.41. The van der Waals surface area contributed by atoms with Crippen LogP contribution in [0.4, 0.5) is 5.88 Å². The number of carbonyl (C=O) groups excluding carboxylic acids is 2. The van der Waals surface area contributed by atoms with Gasteiger partial charge < -0.3 is 9.73 Å². The summed E-state index contributed by atoms with van der Waals surface area (Å²) in [5.41, 5.74) is 3.19. The van der Waals surface area contributed by atoms with Gasteiger partial charge in [-0.15, -0.1) is 0 Å². The van der Waals surface area contributed by atoms with Gasteiger partial charge in [0.05, 0.1) is 12.3 Å². The second-order valence-corrected chi connectivity index (χ2v) is 4.99. The first-order valence-electron chi connectivity index (χ1n) is 7.41. The minimum Gasteiger partial charge on any atom is -0.400 e. The second kappa shape index (κ2) is 8.96. The Labute approximate surface area is 142 Å². The third-order valence-corrected chi connectivity index (χ3v) is 3.09. The van der Waals surface area contributed by atoms with Crippen molar-refractivity contribution < 1.29 is 18.9 Å². The van der Waals surface area contributed by atoms with Crippen LogP contribution in [0, 0.1) is 10.1 Å². The van der Waals surface area contributed by atoms with Crippen molar-refractivity contribution in [3.05, 3.63) is 63.9 Å². The first kappa shape index (κ1) is 17.9. The van der Waals surface area contributed by atoms with Gasteiger partial charge in [0.15, 0.2) is 5.76 Å². The maximum Gasteiger partial charge on any atom is 0.433 e. The van der Waals surface area contributed by atoms with E-state index in [-0.39, 0.29) is 24.5 Å². The number of benzene rings is 1. The zero-order chi connectivity index (χ0) is 18.1. The van der Waals surface area contributed by atoms with E-state index in [4.69, 9.17) is 4.42 Å². The highest BCUT2D eigenvalue weighted by Gasteiger charge is 2.10. The molecule has 0 saturated carbocycles. The molecule has 25 heavy (non-hydrogen) atoms. The number of rotatable bonds is 8. The van der Waals surface area contributed by atoms with E-state index in [0.29, 0.717) is 6.54 Å². The molecule has 0 aliphatic rings. The molecular formula is C16H16N4O5. The Morgan fingerprint density at radius 1 is 1.12 bits per heavy atom. The van der Waals surface area contributed by atoms with Crippen molar-refractivity contribution in [1.82, 2.24) is 10.7 Å². The lowest BCUT2D eigenvalue weighted by Gasteiger charge is -2.04. The van der Waals surface area contributed by atoms with Gasteiger partial charge >= 0.3 is 5.88 Å². The topological polar surface area (TPSA) is 127 Å². The molecule has 1 heterocycles. The van der Waals surface area contributed by atoms with Crippen molar-refractivity contribution >= 4 is 23.9 Å². The molecule has 2 amide bonds. The maximum atomic E-state index is 11.7. The number of hydrazone groups is 1. The highest BCUT2D eigenvalue weighted by Crippen LogP contribution is 2.13. The van der Waals surface area contributed by atoms with Gasteiger partial charge in [-0.05, 0) is 11.6 Å². The van der Waals surface area contributed by atoms with Crippen molar-refractivity contribution in [2.24, 2.45) is 5.10 Å². The Bertz CT molecular complexity index is 770. The summed E-state index contributed by atoms with van der Waals surface area (Å²) in [7, 11) is 0. The normalized spacial score (nSPS) is 10.6. The van der Waals surface area contributed by atoms with Gasteiger partial charge in [-0.25, -0.2) is 5.43 Å². The fourth-order valence-electron chi connectivity index (χ4n) is 1.85. The van der Waals surface area contributed by atoms with Crippen molar-refractivity contribution in [2.45, 2.75) is 19.4 Å². The summed E-state index contributed by atoms with van der Waals surface area (Å²) >= 11 is 0. The number of amides is 2. The molecule has 1 aromatic heterocycles. The van der Waals surface area contributed by atoms with Crippen LogP contribution in [0.3, 0.4) is 0 Å². The largest absolute Gasteiger partial charge is 0.433 e. The molecule has 0 radical (unpaired) electrons. The number of hydrogen-bond donors (Lipinski definition) is 2. The van der Waals surface area contributed by atoms with Crippen molar-refractivity contribution in [3.8, 4) is 0 Å². The van der Waals surface area contributed by atoms with E-state index in [1.807, 2.05) is 30.3 Å². The van der Waals surface area contributed by atoms with Crippen LogP contribution in [0.5, 0.6) is 0 Å². The average molecular weight is 344 g/mol. The molecule has 2 aromatic rings. The van der Waals surface area contributed by atoms with Crippen LogP contribution in [-0.4, -0.2) is 23.0 Å². The molecule has 130 valence electrons. The third kappa shape index (κ3) is 6.26. The molecule has 0 spiro atoms. The summed E-state index contributed by atoms with van der Waals surface area (Å²) in [4.78, 5) is 33.0. The Morgan fingerprint density at radius 2 is 1.84 bits per heavy atom. The minimum atomic E-state index is -0.677. The van der Waals surface area contributed by atoms with E-state index in [1.165, 1.54) is 12.1 Å². The van der Waals surface area contributed by atoms with E-state index < -0.39 is 16.7 Å². The van der Waals surface area contributed by atoms with Crippen molar-refractivity contribution in [3.63, 3.8) is 0 Å². The van der Waals surface area contributed by atoms with Crippen LogP contribution < -0.4 is 10.7 Å². The molecule has 2 N–H and O–H groups in total. The van der Waals surface area contributed by atoms with Crippen LogP contribution in [-0.2, 0) is 16.1 Å². The number of furan rings is 1. The predicted octanol–water partition coefficient (Wildman–Crippen LogP) is 1.73. The Kier molecular flexibility index (Phi) is 6.40. The average Bonchev–Trinajstić information content (AvgIpc) is 3.08. The number of nitrogens with zero attached hydrogens (tertiary/aromatic N) is 2. The Balaban J connectivity index is 1.66. The van der Waals surface area contributed by atoms with E-state index >= 15 is 0 Å². The molecule has 9 nitrogen and oxygen atoms in total. The van der Waals surface area contributed by atoms with Crippen molar-refractivity contribution in [1.29, 1.82) is 0 Å². The summed E-state index contributed by atoms with van der Waals surface area (Å²) < 4.78 is 4.84. The molecule has 0 fully saturated rings. The molecule has 9 heteroatoms. The first-order chi connectivity index (χ1) is 12.0. The number of nitrogens with one attached hydrogen (secondary N) is 2. The van der Waals surface area contributed by atoms with Gasteiger partial charge in [0, 0.05) is 19.4 Å². The van der Waals surface area contributed by atoms with E-state index in [1.54, 1.807) is 0 Å². The molecule has 1 aromatic carbocycles. The number of nitro groups is 1. The second-order valence-electron chi connectivity index (χ2n) is 4.99. The molecule has 0 saturated heterocycles. The van der Waals surface area contributed by atoms with E-state index in [2.05, 4.69) is 15.8 Å². The lowest BCUT2D eigenvalue weighted by Crippen LogP contribution is -2.25. The third-order valence-electron chi connectivity index (χ3n) is 3.09. The predicted molar refractivity (Wildman–Crippen MR) is 88.6 cm³/mol. The number of carbonyl (C=O) groups is 2. The summed E-state index contributed by atoms with van der Waals surface area (Å²) in [6.45, 7) is 0.400. The molecule has 0 aliphatic heterocycles. The Hall–Kier alpha value is -3.49. The summed E-state index contributed by atoms with van der Waals surface area (Å²) in [5.74, 6) is -0.979. The molecule has 0 atom stereocenters. The van der Waals surface area contributed by atoms with Gasteiger partial charge in [-0.2, -0.15) is 5.10 Å². The maximum absolute atomic E-state index is 11.7. The van der Waals surface area contributed by atoms with Crippen LogP contribution >= 0.6 is 0 Å². The van der Waals surface area contributed by atoms with Gasteiger partial charge in [0.25, 0.3) is 0 Å². The smallest absolute Gasteiger partial charge is 0.400 e. The molecular weight excluding hydrogens is 328 g/mol. The van der Waals surface area contributed by atoms with Gasteiger partial charge in [0.2, 0.25) is 11.8 Å². The van der Waals surface area contributed by atoms with Gasteiger partial charge in [-0.1, -0.05) is 30.3 Å². The van der Waals surface area contributed by atoms with Gasteiger partial charge in [-0.3, -0.25) is 19.7 Å². The summed E-state index contributed by atoms with van der Waals surface area (Å²) in [6, 6.07) is 11.9. The minimum absolute atomic E-state index is 0.0282. The van der Waals surface area contributed by atoms with Crippen LogP contribution in [0.1, 0.15) is 24.2 Å². The highest BCUT2D eigenvalue weighted by molar-refractivity contribution is 5.84. The lowest BCUT2D eigenvalue weighted by molar-refractivity contribution is -0.402. The van der Waals surface area contributed by atoms with Gasteiger partial charge in [0.1, 0.15) is 4.92 Å². The quantitative estimate of drug-likeness (QED) is 0.428. The van der Waals surface area contributed by atoms with Crippen LogP contribution in [0.25, 0.3) is 0 Å². The summed E-state index contributed by atoms with van der Waals surface area (Å²) in [6.07, 6.45) is 1.14. The number of hydrogen-bond acceptors (Lipinski definition) is 6. The Morgan fingerprint density at radius 3 is 2.52 bits per heavy atom.